The van der Waals surface area contributed by atoms with E-state index in [0.717, 1.165) is 68.6 Å². The second-order valence-corrected chi connectivity index (χ2v) is 20.4. The van der Waals surface area contributed by atoms with Crippen LogP contribution in [0.3, 0.4) is 0 Å². The molecule has 0 saturated carbocycles. The summed E-state index contributed by atoms with van der Waals surface area (Å²) in [6, 6.07) is 65.4. The summed E-state index contributed by atoms with van der Waals surface area (Å²) in [5, 5.41) is 3.44. The standard InChI is InChI=1S/C56H32F3NO3S3/c57-56(58,59)66(61,62)63-37-31-45-43-29-34(33-22-25-49-42(28-33)40-16-6-10-20-48(40)55(49)46-18-8-4-14-38(46)39-15-5-9-19-47(39)55)23-26-53(43)65-54(45)50(32-37)60(35-12-2-1-3-13-35)36-24-27-52-44(30-36)41-17-7-11-21-51(41)64-52/h1-32H. The minimum absolute atomic E-state index is 0.445. The van der Waals surface area contributed by atoms with Crippen LogP contribution in [0.5, 0.6) is 5.75 Å². The van der Waals surface area contributed by atoms with E-state index in [4.69, 9.17) is 4.18 Å². The number of para-hydroxylation sites is 1. The number of thiophene rings is 2. The van der Waals surface area contributed by atoms with Crippen molar-refractivity contribution in [1.82, 2.24) is 0 Å². The van der Waals surface area contributed by atoms with E-state index in [9.17, 15) is 21.6 Å². The van der Waals surface area contributed by atoms with Crippen molar-refractivity contribution in [2.75, 3.05) is 4.90 Å². The van der Waals surface area contributed by atoms with Gasteiger partial charge in [0, 0.05) is 53.1 Å². The minimum Gasteiger partial charge on any atom is -0.376 e. The molecule has 0 N–H and O–H groups in total. The van der Waals surface area contributed by atoms with Crippen LogP contribution < -0.4 is 9.08 Å². The smallest absolute Gasteiger partial charge is 0.376 e. The van der Waals surface area contributed by atoms with Crippen molar-refractivity contribution >= 4 is 90.2 Å². The van der Waals surface area contributed by atoms with Gasteiger partial charge in [0.05, 0.1) is 15.8 Å². The first-order valence-electron chi connectivity index (χ1n) is 21.3. The molecule has 2 aliphatic rings. The van der Waals surface area contributed by atoms with E-state index in [-0.39, 0.29) is 0 Å². The van der Waals surface area contributed by atoms with E-state index in [2.05, 4.69) is 127 Å². The first kappa shape index (κ1) is 39.2. The Hall–Kier alpha value is -7.24. The van der Waals surface area contributed by atoms with Crippen molar-refractivity contribution < 1.29 is 25.8 Å². The molecule has 66 heavy (non-hydrogen) atoms. The maximum absolute atomic E-state index is 14.0. The van der Waals surface area contributed by atoms with Crippen molar-refractivity contribution in [1.29, 1.82) is 0 Å². The van der Waals surface area contributed by atoms with Crippen molar-refractivity contribution in [3.63, 3.8) is 0 Å². The molecule has 2 aliphatic carbocycles. The molecular weight excluding hydrogens is 888 g/mol. The summed E-state index contributed by atoms with van der Waals surface area (Å²) in [7, 11) is -6.02. The third kappa shape index (κ3) is 5.58. The zero-order chi connectivity index (χ0) is 44.5. The van der Waals surface area contributed by atoms with Gasteiger partial charge in [-0.1, -0.05) is 127 Å². The number of benzene rings is 9. The van der Waals surface area contributed by atoms with E-state index >= 15 is 0 Å². The zero-order valence-corrected chi connectivity index (χ0v) is 37.0. The van der Waals surface area contributed by atoms with Gasteiger partial charge in [0.2, 0.25) is 0 Å². The molecule has 10 heteroatoms. The van der Waals surface area contributed by atoms with E-state index in [1.165, 1.54) is 56.9 Å². The molecule has 2 aromatic heterocycles. The number of nitrogens with zero attached hydrogens (tertiary/aromatic N) is 1. The van der Waals surface area contributed by atoms with Gasteiger partial charge in [-0.05, 0) is 116 Å². The molecule has 2 heterocycles. The molecule has 13 rings (SSSR count). The number of hydrogen-bond donors (Lipinski definition) is 0. The van der Waals surface area contributed by atoms with Crippen LogP contribution in [0.25, 0.3) is 73.7 Å². The van der Waals surface area contributed by atoms with Gasteiger partial charge < -0.3 is 9.08 Å². The summed E-state index contributed by atoms with van der Waals surface area (Å²) in [4.78, 5) is 1.96. The van der Waals surface area contributed by atoms with Crippen LogP contribution in [0.1, 0.15) is 22.3 Å². The lowest BCUT2D eigenvalue weighted by Gasteiger charge is -2.30. The van der Waals surface area contributed by atoms with Crippen LogP contribution in [-0.4, -0.2) is 13.9 Å². The predicted octanol–water partition coefficient (Wildman–Crippen LogP) is 16.1. The molecule has 1 spiro atoms. The van der Waals surface area contributed by atoms with Crippen molar-refractivity contribution in [2.45, 2.75) is 10.9 Å². The van der Waals surface area contributed by atoms with Crippen LogP contribution >= 0.6 is 22.7 Å². The molecule has 9 aromatic carbocycles. The second kappa shape index (κ2) is 14.1. The molecule has 0 saturated heterocycles. The largest absolute Gasteiger partial charge is 0.534 e. The van der Waals surface area contributed by atoms with E-state index in [1.807, 2.05) is 59.5 Å². The Morgan fingerprint density at radius 2 is 1.00 bits per heavy atom. The Balaban J connectivity index is 1.02. The van der Waals surface area contributed by atoms with Crippen LogP contribution in [0.4, 0.5) is 30.2 Å². The molecule has 0 aliphatic heterocycles. The monoisotopic (exact) mass is 919 g/mol. The number of hydrogen-bond acceptors (Lipinski definition) is 6. The topological polar surface area (TPSA) is 46.6 Å². The van der Waals surface area contributed by atoms with Crippen molar-refractivity contribution in [3.8, 4) is 39.1 Å². The van der Waals surface area contributed by atoms with Crippen LogP contribution in [0, 0.1) is 0 Å². The second-order valence-electron chi connectivity index (χ2n) is 16.7. The lowest BCUT2D eigenvalue weighted by Crippen LogP contribution is -2.28. The van der Waals surface area contributed by atoms with Gasteiger partial charge in [0.15, 0.2) is 0 Å². The van der Waals surface area contributed by atoms with Gasteiger partial charge in [-0.25, -0.2) is 0 Å². The lowest BCUT2D eigenvalue weighted by atomic mass is 9.70. The van der Waals surface area contributed by atoms with Crippen molar-refractivity contribution in [3.05, 3.63) is 216 Å². The molecule has 0 fully saturated rings. The summed E-state index contributed by atoms with van der Waals surface area (Å²) in [6.07, 6.45) is 0. The third-order valence-corrected chi connectivity index (χ3v) is 16.6. The maximum atomic E-state index is 14.0. The Labute approximate surface area is 385 Å². The van der Waals surface area contributed by atoms with E-state index in [0.29, 0.717) is 11.1 Å². The molecule has 0 amide bonds. The molecular formula is C56H32F3NO3S3. The number of alkyl halides is 3. The van der Waals surface area contributed by atoms with Crippen LogP contribution in [-0.2, 0) is 15.5 Å². The Kier molecular flexibility index (Phi) is 8.38. The molecule has 0 radical (unpaired) electrons. The van der Waals surface area contributed by atoms with Gasteiger partial charge in [-0.3, -0.25) is 0 Å². The quantitative estimate of drug-likeness (QED) is 0.123. The van der Waals surface area contributed by atoms with Gasteiger partial charge >= 0.3 is 15.6 Å². The number of rotatable bonds is 6. The average molecular weight is 920 g/mol. The normalized spacial score (nSPS) is 13.6. The summed E-state index contributed by atoms with van der Waals surface area (Å²) >= 11 is 3.18. The van der Waals surface area contributed by atoms with Gasteiger partial charge in [-0.15, -0.1) is 22.7 Å². The fraction of sp³-hybridized carbons (Fsp3) is 0.0357. The highest BCUT2D eigenvalue weighted by atomic mass is 32.2. The first-order valence-corrected chi connectivity index (χ1v) is 24.3. The third-order valence-electron chi connectivity index (χ3n) is 13.2. The van der Waals surface area contributed by atoms with Crippen LogP contribution in [0.15, 0.2) is 194 Å². The fourth-order valence-corrected chi connectivity index (χ4v) is 13.2. The number of halogens is 3. The highest BCUT2D eigenvalue weighted by Gasteiger charge is 2.51. The Morgan fingerprint density at radius 1 is 0.455 bits per heavy atom. The number of fused-ring (bicyclic) bond motifs is 16. The molecule has 11 aromatic rings. The zero-order valence-electron chi connectivity index (χ0n) is 34.5. The lowest BCUT2D eigenvalue weighted by molar-refractivity contribution is -0.0500. The Bertz CT molecular complexity index is 3900. The van der Waals surface area contributed by atoms with E-state index in [1.54, 1.807) is 11.3 Å². The minimum atomic E-state index is -6.02. The summed E-state index contributed by atoms with van der Waals surface area (Å²) in [5.74, 6) is -0.445. The van der Waals surface area contributed by atoms with Gasteiger partial charge in [0.1, 0.15) is 5.75 Å². The van der Waals surface area contributed by atoms with Gasteiger partial charge in [0.25, 0.3) is 0 Å². The van der Waals surface area contributed by atoms with Crippen LogP contribution in [0.2, 0.25) is 0 Å². The SMILES string of the molecule is O=S(=O)(Oc1cc(N(c2ccccc2)c2ccc3sc4ccccc4c3c2)c2sc3ccc(-c4ccc5c(c4)-c4ccccc4C54c5ccccc5-c5ccccc54)cc3c2c1)C(F)(F)F. The number of anilines is 3. The molecule has 318 valence electrons. The van der Waals surface area contributed by atoms with E-state index < -0.39 is 26.8 Å². The molecule has 0 atom stereocenters. The molecule has 0 unspecified atom stereocenters. The highest BCUT2D eigenvalue weighted by Crippen LogP contribution is 2.63. The predicted molar refractivity (Wildman–Crippen MR) is 264 cm³/mol. The molecule has 0 bridgehead atoms. The molecule has 4 nitrogen and oxygen atoms in total. The summed E-state index contributed by atoms with van der Waals surface area (Å²) < 4.78 is 76.3. The fourth-order valence-electron chi connectivity index (χ4n) is 10.5. The maximum Gasteiger partial charge on any atom is 0.534 e. The summed E-state index contributed by atoms with van der Waals surface area (Å²) in [6.45, 7) is 0. The van der Waals surface area contributed by atoms with Gasteiger partial charge in [-0.2, -0.15) is 21.6 Å². The highest BCUT2D eigenvalue weighted by molar-refractivity contribution is 7.88. The summed E-state index contributed by atoms with van der Waals surface area (Å²) in [5.41, 5.74) is 7.41. The van der Waals surface area contributed by atoms with Crippen molar-refractivity contribution in [2.24, 2.45) is 0 Å². The average Bonchev–Trinajstić information content (AvgIpc) is 4.06. The first-order chi connectivity index (χ1) is 32.1. The Morgan fingerprint density at radius 3 is 1.71 bits per heavy atom.